The van der Waals surface area contributed by atoms with Crippen LogP contribution in [-0.4, -0.2) is 6.10 Å². The molecule has 3 aliphatic carbocycles. The Hall–Kier alpha value is -0.460. The first-order chi connectivity index (χ1) is 12.7. The van der Waals surface area contributed by atoms with Gasteiger partial charge in [0.15, 0.2) is 0 Å². The maximum Gasteiger partial charge on any atom is 0.101 e. The largest absolute Gasteiger partial charge is 0.498 e. The van der Waals surface area contributed by atoms with E-state index in [0.29, 0.717) is 6.10 Å². The number of ether oxygens (including phenoxy) is 1. The number of hydrogen-bond acceptors (Lipinski definition) is 1. The summed E-state index contributed by atoms with van der Waals surface area (Å²) in [5.41, 5.74) is 1.43. The van der Waals surface area contributed by atoms with E-state index in [0.717, 1.165) is 35.5 Å². The molecule has 148 valence electrons. The van der Waals surface area contributed by atoms with Gasteiger partial charge in [0, 0.05) is 0 Å². The van der Waals surface area contributed by atoms with E-state index in [-0.39, 0.29) is 0 Å². The summed E-state index contributed by atoms with van der Waals surface area (Å²) in [7, 11) is 0. The standard InChI is InChI=1S/C25H42O/c1-18-3-6-20(7-4-18)21-8-10-22(11-9-21)23-12-14-24(15-13-23)25-16-5-19(2)17-26-25/h17-18,20-25H,3-16H2,1-2H3. The number of hydrogen-bond donors (Lipinski definition) is 0. The summed E-state index contributed by atoms with van der Waals surface area (Å²) in [6, 6.07) is 0. The van der Waals surface area contributed by atoms with Crippen molar-refractivity contribution in [3.05, 3.63) is 11.8 Å². The Morgan fingerprint density at radius 1 is 0.615 bits per heavy atom. The van der Waals surface area contributed by atoms with Crippen LogP contribution in [0, 0.1) is 35.5 Å². The summed E-state index contributed by atoms with van der Waals surface area (Å²) in [5.74, 6) is 6.12. The summed E-state index contributed by atoms with van der Waals surface area (Å²) in [5, 5.41) is 0. The maximum atomic E-state index is 6.04. The minimum Gasteiger partial charge on any atom is -0.498 e. The molecule has 1 atom stereocenters. The van der Waals surface area contributed by atoms with Crippen molar-refractivity contribution >= 4 is 0 Å². The molecule has 1 aliphatic heterocycles. The molecular formula is C25H42O. The van der Waals surface area contributed by atoms with Crippen molar-refractivity contribution in [1.82, 2.24) is 0 Å². The number of allylic oxidation sites excluding steroid dienone is 1. The SMILES string of the molecule is CC1=COC(C2CCC(C3CCC(C4CCC(C)CC4)CC3)CC2)CC1. The third kappa shape index (κ3) is 4.50. The van der Waals surface area contributed by atoms with Crippen LogP contribution in [0.4, 0.5) is 0 Å². The van der Waals surface area contributed by atoms with Crippen LogP contribution in [0.25, 0.3) is 0 Å². The smallest absolute Gasteiger partial charge is 0.101 e. The van der Waals surface area contributed by atoms with E-state index in [1.807, 2.05) is 6.26 Å². The van der Waals surface area contributed by atoms with Crippen molar-refractivity contribution in [2.24, 2.45) is 35.5 Å². The molecule has 0 N–H and O–H groups in total. The second-order valence-electron chi connectivity index (χ2n) is 10.5. The minimum atomic E-state index is 0.532. The first kappa shape index (κ1) is 18.9. The van der Waals surface area contributed by atoms with Crippen LogP contribution in [-0.2, 0) is 4.74 Å². The zero-order chi connectivity index (χ0) is 17.9. The zero-order valence-electron chi connectivity index (χ0n) is 17.4. The lowest BCUT2D eigenvalue weighted by Gasteiger charge is -2.42. The second-order valence-corrected chi connectivity index (χ2v) is 10.5. The maximum absolute atomic E-state index is 6.04. The normalized spacial score (nSPS) is 44.8. The van der Waals surface area contributed by atoms with E-state index in [2.05, 4.69) is 13.8 Å². The molecule has 0 bridgehead atoms. The Morgan fingerprint density at radius 2 is 1.04 bits per heavy atom. The third-order valence-electron chi connectivity index (χ3n) is 8.82. The highest BCUT2D eigenvalue weighted by Gasteiger charge is 2.36. The molecule has 0 amide bonds. The van der Waals surface area contributed by atoms with Crippen LogP contribution in [0.15, 0.2) is 11.8 Å². The topological polar surface area (TPSA) is 9.23 Å². The summed E-state index contributed by atoms with van der Waals surface area (Å²) in [4.78, 5) is 0. The van der Waals surface area contributed by atoms with Crippen LogP contribution in [0.1, 0.15) is 104 Å². The molecule has 3 saturated carbocycles. The molecule has 26 heavy (non-hydrogen) atoms. The van der Waals surface area contributed by atoms with Gasteiger partial charge in [0.25, 0.3) is 0 Å². The van der Waals surface area contributed by atoms with Crippen LogP contribution < -0.4 is 0 Å². The van der Waals surface area contributed by atoms with E-state index >= 15 is 0 Å². The van der Waals surface area contributed by atoms with Gasteiger partial charge in [-0.15, -0.1) is 0 Å². The Kier molecular flexibility index (Phi) is 6.32. The highest BCUT2D eigenvalue weighted by molar-refractivity contribution is 4.99. The van der Waals surface area contributed by atoms with E-state index < -0.39 is 0 Å². The summed E-state index contributed by atoms with van der Waals surface area (Å²) in [6.07, 6.45) is 23.3. The highest BCUT2D eigenvalue weighted by Crippen LogP contribution is 2.46. The van der Waals surface area contributed by atoms with Crippen LogP contribution in [0.2, 0.25) is 0 Å². The quantitative estimate of drug-likeness (QED) is 0.507. The van der Waals surface area contributed by atoms with Gasteiger partial charge in [-0.25, -0.2) is 0 Å². The predicted octanol–water partition coefficient (Wildman–Crippen LogP) is 7.51. The van der Waals surface area contributed by atoms with Crippen LogP contribution in [0.3, 0.4) is 0 Å². The van der Waals surface area contributed by atoms with Gasteiger partial charge < -0.3 is 4.74 Å². The molecule has 1 nitrogen and oxygen atoms in total. The molecular weight excluding hydrogens is 316 g/mol. The fourth-order valence-electron chi connectivity index (χ4n) is 6.88. The Morgan fingerprint density at radius 3 is 1.46 bits per heavy atom. The average molecular weight is 359 g/mol. The summed E-state index contributed by atoms with van der Waals surface area (Å²) >= 11 is 0. The third-order valence-corrected chi connectivity index (χ3v) is 8.82. The summed E-state index contributed by atoms with van der Waals surface area (Å²) in [6.45, 7) is 4.66. The highest BCUT2D eigenvalue weighted by atomic mass is 16.5. The Labute approximate surface area is 162 Å². The van der Waals surface area contributed by atoms with Gasteiger partial charge in [0.1, 0.15) is 6.10 Å². The Bertz CT molecular complexity index is 457. The average Bonchev–Trinajstić information content (AvgIpc) is 2.70. The second kappa shape index (κ2) is 8.70. The van der Waals surface area contributed by atoms with Gasteiger partial charge in [-0.2, -0.15) is 0 Å². The lowest BCUT2D eigenvalue weighted by molar-refractivity contribution is 0.0282. The van der Waals surface area contributed by atoms with Crippen molar-refractivity contribution < 1.29 is 4.74 Å². The van der Waals surface area contributed by atoms with Crippen molar-refractivity contribution in [2.45, 2.75) is 110 Å². The molecule has 0 aromatic carbocycles. The van der Waals surface area contributed by atoms with E-state index in [1.54, 1.807) is 25.7 Å². The van der Waals surface area contributed by atoms with Crippen molar-refractivity contribution in [2.75, 3.05) is 0 Å². The van der Waals surface area contributed by atoms with Gasteiger partial charge in [-0.05, 0) is 125 Å². The van der Waals surface area contributed by atoms with Gasteiger partial charge >= 0.3 is 0 Å². The van der Waals surface area contributed by atoms with Gasteiger partial charge in [-0.1, -0.05) is 19.8 Å². The molecule has 1 heterocycles. The molecule has 4 aliphatic rings. The molecule has 0 aromatic rings. The lowest BCUT2D eigenvalue weighted by Crippen LogP contribution is -2.33. The van der Waals surface area contributed by atoms with Crippen molar-refractivity contribution in [3.63, 3.8) is 0 Å². The van der Waals surface area contributed by atoms with Gasteiger partial charge in [0.2, 0.25) is 0 Å². The molecule has 1 unspecified atom stereocenters. The lowest BCUT2D eigenvalue weighted by atomic mass is 9.64. The van der Waals surface area contributed by atoms with E-state index in [4.69, 9.17) is 4.74 Å². The molecule has 3 fully saturated rings. The van der Waals surface area contributed by atoms with Crippen LogP contribution in [0.5, 0.6) is 0 Å². The van der Waals surface area contributed by atoms with Crippen LogP contribution >= 0.6 is 0 Å². The van der Waals surface area contributed by atoms with E-state index in [9.17, 15) is 0 Å². The number of rotatable bonds is 3. The fourth-order valence-corrected chi connectivity index (χ4v) is 6.88. The molecule has 0 spiro atoms. The molecule has 1 heteroatoms. The molecule has 0 radical (unpaired) electrons. The monoisotopic (exact) mass is 358 g/mol. The van der Waals surface area contributed by atoms with E-state index in [1.165, 1.54) is 69.8 Å². The minimum absolute atomic E-state index is 0.532. The first-order valence-electron chi connectivity index (χ1n) is 12.0. The predicted molar refractivity (Wildman–Crippen MR) is 110 cm³/mol. The van der Waals surface area contributed by atoms with Crippen molar-refractivity contribution in [1.29, 1.82) is 0 Å². The fraction of sp³-hybridized carbons (Fsp3) is 0.920. The Balaban J connectivity index is 1.19. The van der Waals surface area contributed by atoms with Crippen molar-refractivity contribution in [3.8, 4) is 0 Å². The molecule has 4 rings (SSSR count). The first-order valence-corrected chi connectivity index (χ1v) is 12.0. The summed E-state index contributed by atoms with van der Waals surface area (Å²) < 4.78 is 6.04. The zero-order valence-corrected chi connectivity index (χ0v) is 17.4. The van der Waals surface area contributed by atoms with Gasteiger partial charge in [-0.3, -0.25) is 0 Å². The molecule has 0 aromatic heterocycles. The van der Waals surface area contributed by atoms with Gasteiger partial charge in [0.05, 0.1) is 6.26 Å². The molecule has 0 saturated heterocycles.